The molecule has 1 rings (SSSR count). The van der Waals surface area contributed by atoms with Gasteiger partial charge in [-0.3, -0.25) is 9.79 Å². The third kappa shape index (κ3) is 7.91. The fourth-order valence-corrected chi connectivity index (χ4v) is 2.56. The molecule has 7 heteroatoms. The van der Waals surface area contributed by atoms with Crippen molar-refractivity contribution in [3.63, 3.8) is 0 Å². The summed E-state index contributed by atoms with van der Waals surface area (Å²) < 4.78 is 10.9. The number of nitrogens with zero attached hydrogens (tertiary/aromatic N) is 1. The number of hydrogen-bond donors (Lipinski definition) is 3. The number of hydrogen-bond acceptors (Lipinski definition) is 4. The molecule has 3 N–H and O–H groups in total. The number of carbonyl (C=O) groups excluding carboxylic acids is 1. The second-order valence-corrected chi connectivity index (χ2v) is 6.49. The van der Waals surface area contributed by atoms with Gasteiger partial charge in [-0.1, -0.05) is 13.8 Å². The van der Waals surface area contributed by atoms with Crippen molar-refractivity contribution in [1.29, 1.82) is 0 Å². The first-order valence-corrected chi connectivity index (χ1v) is 9.38. The van der Waals surface area contributed by atoms with E-state index in [1.165, 1.54) is 6.26 Å². The van der Waals surface area contributed by atoms with E-state index < -0.39 is 0 Å². The number of nitrogens with one attached hydrogen (secondary N) is 3. The molecule has 0 aliphatic rings. The molecular formula is C19H34N4O3. The lowest BCUT2D eigenvalue weighted by molar-refractivity contribution is 0.0258. The Balaban J connectivity index is 2.18. The Kier molecular flexibility index (Phi) is 10.5. The zero-order chi connectivity index (χ0) is 19.4. The van der Waals surface area contributed by atoms with Crippen molar-refractivity contribution in [3.05, 3.63) is 23.7 Å². The summed E-state index contributed by atoms with van der Waals surface area (Å²) in [5.74, 6) is 1.46. The van der Waals surface area contributed by atoms with Gasteiger partial charge in [0.2, 0.25) is 0 Å². The van der Waals surface area contributed by atoms with Crippen LogP contribution in [-0.2, 0) is 4.74 Å². The fraction of sp³-hybridized carbons (Fsp3) is 0.684. The smallest absolute Gasteiger partial charge is 0.287 e. The van der Waals surface area contributed by atoms with Crippen LogP contribution in [0.15, 0.2) is 21.7 Å². The molecule has 0 aliphatic carbocycles. The van der Waals surface area contributed by atoms with Crippen molar-refractivity contribution < 1.29 is 13.9 Å². The third-order valence-electron chi connectivity index (χ3n) is 4.07. The Bertz CT molecular complexity index is 555. The highest BCUT2D eigenvalue weighted by Crippen LogP contribution is 2.10. The predicted molar refractivity (Wildman–Crippen MR) is 105 cm³/mol. The highest BCUT2D eigenvalue weighted by molar-refractivity contribution is 5.92. The van der Waals surface area contributed by atoms with E-state index in [4.69, 9.17) is 9.15 Å². The molecule has 1 aromatic heterocycles. The van der Waals surface area contributed by atoms with Gasteiger partial charge in [-0.2, -0.15) is 0 Å². The minimum atomic E-state index is -0.175. The van der Waals surface area contributed by atoms with Gasteiger partial charge >= 0.3 is 0 Å². The molecule has 148 valence electrons. The van der Waals surface area contributed by atoms with Crippen LogP contribution < -0.4 is 16.0 Å². The number of furan rings is 1. The first-order valence-electron chi connectivity index (χ1n) is 9.38. The van der Waals surface area contributed by atoms with E-state index in [2.05, 4.69) is 34.8 Å². The van der Waals surface area contributed by atoms with Crippen LogP contribution >= 0.6 is 0 Å². The highest BCUT2D eigenvalue weighted by Gasteiger charge is 2.13. The minimum Gasteiger partial charge on any atom is -0.459 e. The van der Waals surface area contributed by atoms with Gasteiger partial charge in [-0.15, -0.1) is 0 Å². The van der Waals surface area contributed by atoms with Gasteiger partial charge in [-0.05, 0) is 38.7 Å². The summed E-state index contributed by atoms with van der Waals surface area (Å²) in [6, 6.07) is 1.78. The van der Waals surface area contributed by atoms with Crippen LogP contribution in [-0.4, -0.2) is 51.3 Å². The molecule has 0 bridgehead atoms. The van der Waals surface area contributed by atoms with Gasteiger partial charge in [0, 0.05) is 38.9 Å². The Morgan fingerprint density at radius 3 is 2.50 bits per heavy atom. The van der Waals surface area contributed by atoms with E-state index in [1.54, 1.807) is 13.1 Å². The summed E-state index contributed by atoms with van der Waals surface area (Å²) in [7, 11) is 1.75. The van der Waals surface area contributed by atoms with E-state index in [1.807, 2.05) is 13.8 Å². The molecule has 1 unspecified atom stereocenters. The second kappa shape index (κ2) is 12.4. The van der Waals surface area contributed by atoms with Gasteiger partial charge in [-0.25, -0.2) is 0 Å². The van der Waals surface area contributed by atoms with Gasteiger partial charge in [0.25, 0.3) is 5.91 Å². The molecule has 1 aromatic rings. The quantitative estimate of drug-likeness (QED) is 0.318. The largest absolute Gasteiger partial charge is 0.459 e. The summed E-state index contributed by atoms with van der Waals surface area (Å²) in [5.41, 5.74) is 0.844. The first kappa shape index (κ1) is 22.0. The number of ether oxygens (including phenoxy) is 1. The Morgan fingerprint density at radius 1 is 1.23 bits per heavy atom. The zero-order valence-electron chi connectivity index (χ0n) is 16.7. The molecule has 26 heavy (non-hydrogen) atoms. The molecule has 0 aromatic carbocycles. The van der Waals surface area contributed by atoms with Crippen molar-refractivity contribution >= 4 is 11.9 Å². The van der Waals surface area contributed by atoms with E-state index in [0.717, 1.165) is 44.1 Å². The molecule has 1 heterocycles. The summed E-state index contributed by atoms with van der Waals surface area (Å²) >= 11 is 0. The van der Waals surface area contributed by atoms with E-state index in [9.17, 15) is 4.79 Å². The summed E-state index contributed by atoms with van der Waals surface area (Å²) in [5, 5.41) is 9.40. The Hall–Kier alpha value is -2.02. The number of amides is 1. The monoisotopic (exact) mass is 366 g/mol. The highest BCUT2D eigenvalue weighted by atomic mass is 16.5. The second-order valence-electron chi connectivity index (χ2n) is 6.49. The van der Waals surface area contributed by atoms with Crippen LogP contribution in [0.25, 0.3) is 0 Å². The molecule has 0 saturated carbocycles. The topological polar surface area (TPSA) is 87.9 Å². The Labute approximate surface area is 157 Å². The number of aryl methyl sites for hydroxylation is 1. The summed E-state index contributed by atoms with van der Waals surface area (Å²) in [6.07, 6.45) is 3.51. The van der Waals surface area contributed by atoms with Crippen LogP contribution in [0.3, 0.4) is 0 Å². The third-order valence-corrected chi connectivity index (χ3v) is 4.07. The molecule has 1 amide bonds. The maximum absolute atomic E-state index is 11.9. The van der Waals surface area contributed by atoms with E-state index in [-0.39, 0.29) is 12.0 Å². The summed E-state index contributed by atoms with van der Waals surface area (Å²) in [4.78, 5) is 16.1. The van der Waals surface area contributed by atoms with Gasteiger partial charge in [0.15, 0.2) is 11.7 Å². The van der Waals surface area contributed by atoms with Crippen LogP contribution in [0, 0.1) is 12.8 Å². The van der Waals surface area contributed by atoms with E-state index >= 15 is 0 Å². The van der Waals surface area contributed by atoms with Crippen LogP contribution in [0.4, 0.5) is 0 Å². The van der Waals surface area contributed by atoms with Crippen molar-refractivity contribution in [2.75, 3.05) is 33.3 Å². The van der Waals surface area contributed by atoms with Gasteiger partial charge in [0.1, 0.15) is 0 Å². The summed E-state index contributed by atoms with van der Waals surface area (Å²) in [6.45, 7) is 11.0. The molecule has 0 aliphatic heterocycles. The molecule has 1 atom stereocenters. The number of aliphatic imine (C=N–C) groups is 1. The van der Waals surface area contributed by atoms with Gasteiger partial charge < -0.3 is 25.1 Å². The van der Waals surface area contributed by atoms with Crippen molar-refractivity contribution in [2.24, 2.45) is 10.9 Å². The molecular weight excluding hydrogens is 332 g/mol. The minimum absolute atomic E-state index is 0.175. The molecule has 7 nitrogen and oxygen atoms in total. The van der Waals surface area contributed by atoms with Crippen molar-refractivity contribution in [3.8, 4) is 0 Å². The van der Waals surface area contributed by atoms with Crippen molar-refractivity contribution in [1.82, 2.24) is 16.0 Å². The maximum Gasteiger partial charge on any atom is 0.287 e. The average molecular weight is 367 g/mol. The molecule has 0 radical (unpaired) electrons. The molecule has 0 spiro atoms. The number of carbonyl (C=O) groups is 1. The van der Waals surface area contributed by atoms with Gasteiger partial charge in [0.05, 0.1) is 12.4 Å². The lowest BCUT2D eigenvalue weighted by Gasteiger charge is -2.21. The zero-order valence-corrected chi connectivity index (χ0v) is 16.7. The van der Waals surface area contributed by atoms with Crippen molar-refractivity contribution in [2.45, 2.75) is 46.6 Å². The van der Waals surface area contributed by atoms with Crippen LogP contribution in [0.2, 0.25) is 0 Å². The average Bonchev–Trinajstić information content (AvgIpc) is 3.04. The molecule has 0 saturated heterocycles. The lowest BCUT2D eigenvalue weighted by Crippen LogP contribution is -2.40. The predicted octanol–water partition coefficient (Wildman–Crippen LogP) is 2.32. The normalized spacial score (nSPS) is 12.9. The van der Waals surface area contributed by atoms with E-state index in [0.29, 0.717) is 18.2 Å². The molecule has 0 fully saturated rings. The Morgan fingerprint density at radius 2 is 1.92 bits per heavy atom. The number of rotatable bonds is 11. The fourth-order valence-electron chi connectivity index (χ4n) is 2.56. The van der Waals surface area contributed by atoms with Crippen LogP contribution in [0.1, 0.15) is 49.7 Å². The van der Waals surface area contributed by atoms with Crippen LogP contribution in [0.5, 0.6) is 0 Å². The SMILES string of the molecule is CCOC(CCNC(=NC)NCCCNC(=O)c1occc1C)C(C)C. The lowest BCUT2D eigenvalue weighted by atomic mass is 10.0. The maximum atomic E-state index is 11.9. The standard InChI is InChI=1S/C19H34N4O3/c1-6-25-16(14(2)3)8-12-23-19(20-5)22-11-7-10-21-18(24)17-15(4)9-13-26-17/h9,13-14,16H,6-8,10-12H2,1-5H3,(H,21,24)(H2,20,22,23). The first-order chi connectivity index (χ1) is 12.5. The number of guanidine groups is 1.